The van der Waals surface area contributed by atoms with E-state index < -0.39 is 0 Å². The second-order valence-electron chi connectivity index (χ2n) is 6.40. The first-order valence-electron chi connectivity index (χ1n) is 8.75. The minimum atomic E-state index is -0.0987. The first kappa shape index (κ1) is 16.4. The molecule has 0 amide bonds. The summed E-state index contributed by atoms with van der Waals surface area (Å²) in [6.07, 6.45) is 12.4. The highest BCUT2D eigenvalue weighted by Crippen LogP contribution is 2.23. The van der Waals surface area contributed by atoms with E-state index >= 15 is 0 Å². The number of hydrogen-bond donors (Lipinski definition) is 2. The van der Waals surface area contributed by atoms with Crippen molar-refractivity contribution in [3.05, 3.63) is 82.0 Å². The maximum atomic E-state index is 12.7. The van der Waals surface area contributed by atoms with E-state index in [1.165, 1.54) is 5.57 Å². The van der Waals surface area contributed by atoms with Crippen LogP contribution in [0.2, 0.25) is 0 Å². The first-order valence-corrected chi connectivity index (χ1v) is 8.75. The second-order valence-corrected chi connectivity index (χ2v) is 6.40. The van der Waals surface area contributed by atoms with Crippen molar-refractivity contribution in [3.8, 4) is 0 Å². The molecule has 0 saturated heterocycles. The van der Waals surface area contributed by atoms with Crippen LogP contribution < -0.4 is 10.9 Å². The van der Waals surface area contributed by atoms with E-state index in [1.807, 2.05) is 43.5 Å². The summed E-state index contributed by atoms with van der Waals surface area (Å²) in [5.41, 5.74) is 5.63. The lowest BCUT2D eigenvalue weighted by molar-refractivity contribution is 0.738. The van der Waals surface area contributed by atoms with Gasteiger partial charge in [0.1, 0.15) is 5.65 Å². The van der Waals surface area contributed by atoms with Crippen molar-refractivity contribution in [2.24, 2.45) is 0 Å². The molecule has 0 spiro atoms. The highest BCUT2D eigenvalue weighted by Gasteiger charge is 2.12. The Bertz CT molecular complexity index is 1080. The summed E-state index contributed by atoms with van der Waals surface area (Å²) in [7, 11) is 0. The number of aromatic nitrogens is 2. The second kappa shape index (κ2) is 6.69. The molecule has 26 heavy (non-hydrogen) atoms. The predicted octanol–water partition coefficient (Wildman–Crippen LogP) is 2.99. The third kappa shape index (κ3) is 2.97. The molecule has 5 heteroatoms. The molecule has 2 aliphatic rings. The first-order chi connectivity index (χ1) is 12.7. The Kier molecular flexibility index (Phi) is 4.22. The van der Waals surface area contributed by atoms with Gasteiger partial charge in [0, 0.05) is 24.4 Å². The fraction of sp³-hybridized carbons (Fsp3) is 0.190. The topological polar surface area (TPSA) is 70.2 Å². The normalized spacial score (nSPS) is 19.0. The molecule has 4 rings (SSSR count). The third-order valence-electron chi connectivity index (χ3n) is 4.75. The summed E-state index contributed by atoms with van der Waals surface area (Å²) >= 11 is 0. The highest BCUT2D eigenvalue weighted by molar-refractivity contribution is 6.12. The molecular formula is C21H20N4O. The number of fused-ring (bicyclic) bond motifs is 1. The molecule has 130 valence electrons. The maximum Gasteiger partial charge on any atom is 0.258 e. The Morgan fingerprint density at radius 2 is 2.19 bits per heavy atom. The zero-order valence-corrected chi connectivity index (χ0v) is 14.6. The lowest BCUT2D eigenvalue weighted by Gasteiger charge is -2.15. The Balaban J connectivity index is 1.79. The number of nitrogens with zero attached hydrogens (tertiary/aromatic N) is 2. The van der Waals surface area contributed by atoms with Crippen LogP contribution in [-0.4, -0.2) is 28.2 Å². The molecule has 1 aliphatic heterocycles. The van der Waals surface area contributed by atoms with E-state index in [0.29, 0.717) is 17.1 Å². The minimum Gasteiger partial charge on any atom is -0.313 e. The van der Waals surface area contributed by atoms with Crippen molar-refractivity contribution >= 4 is 22.5 Å². The molecule has 1 aliphatic carbocycles. The minimum absolute atomic E-state index is 0.0987. The number of pyridine rings is 1. The molecule has 0 fully saturated rings. The smallest absolute Gasteiger partial charge is 0.258 e. The van der Waals surface area contributed by atoms with Gasteiger partial charge in [-0.3, -0.25) is 9.20 Å². The molecule has 3 heterocycles. The monoisotopic (exact) mass is 344 g/mol. The Morgan fingerprint density at radius 1 is 1.31 bits per heavy atom. The van der Waals surface area contributed by atoms with Crippen LogP contribution >= 0.6 is 0 Å². The van der Waals surface area contributed by atoms with Crippen molar-refractivity contribution in [2.75, 3.05) is 13.1 Å². The lowest BCUT2D eigenvalue weighted by Crippen LogP contribution is -2.21. The molecule has 2 aromatic rings. The molecule has 0 bridgehead atoms. The predicted molar refractivity (Wildman–Crippen MR) is 106 cm³/mol. The van der Waals surface area contributed by atoms with Crippen molar-refractivity contribution in [2.45, 2.75) is 13.3 Å². The molecule has 0 atom stereocenters. The van der Waals surface area contributed by atoms with Gasteiger partial charge in [-0.25, -0.2) is 4.98 Å². The standard InChI is InChI=1S/C21H20N4O/c1-2-14-11-16(3-5-18(14)22)19-12-21(26)25-13-17(4-6-20(25)24-19)15-7-9-23-10-8-15/h2-7,11-13,22-23H,8-10H2,1H3/b14-2-,22-18?. The van der Waals surface area contributed by atoms with Crippen molar-refractivity contribution in [1.29, 1.82) is 5.41 Å². The third-order valence-corrected chi connectivity index (χ3v) is 4.75. The van der Waals surface area contributed by atoms with Crippen LogP contribution in [0.1, 0.15) is 24.6 Å². The molecule has 0 radical (unpaired) electrons. The van der Waals surface area contributed by atoms with E-state index in [0.717, 1.165) is 36.2 Å². The van der Waals surface area contributed by atoms with Gasteiger partial charge in [0.2, 0.25) is 0 Å². The molecule has 2 aromatic heterocycles. The molecule has 0 unspecified atom stereocenters. The van der Waals surface area contributed by atoms with E-state index in [4.69, 9.17) is 5.41 Å². The summed E-state index contributed by atoms with van der Waals surface area (Å²) in [5, 5.41) is 11.2. The van der Waals surface area contributed by atoms with Gasteiger partial charge < -0.3 is 10.7 Å². The summed E-state index contributed by atoms with van der Waals surface area (Å²) in [6, 6.07) is 5.49. The quantitative estimate of drug-likeness (QED) is 0.880. The van der Waals surface area contributed by atoms with Gasteiger partial charge in [-0.05, 0) is 60.9 Å². The summed E-state index contributed by atoms with van der Waals surface area (Å²) in [6.45, 7) is 3.72. The Morgan fingerprint density at radius 3 is 2.96 bits per heavy atom. The number of allylic oxidation sites excluding steroid dienone is 6. The van der Waals surface area contributed by atoms with E-state index in [2.05, 4.69) is 16.4 Å². The van der Waals surface area contributed by atoms with E-state index in [9.17, 15) is 4.79 Å². The molecular weight excluding hydrogens is 324 g/mol. The average Bonchev–Trinajstić information content (AvgIpc) is 2.68. The average molecular weight is 344 g/mol. The van der Waals surface area contributed by atoms with Crippen LogP contribution in [0.15, 0.2) is 65.1 Å². The van der Waals surface area contributed by atoms with Gasteiger partial charge in [0.15, 0.2) is 0 Å². The van der Waals surface area contributed by atoms with Gasteiger partial charge in [-0.15, -0.1) is 0 Å². The van der Waals surface area contributed by atoms with Crippen LogP contribution in [0.25, 0.3) is 16.8 Å². The SMILES string of the molecule is C/C=C1/C=C(c2cc(=O)n3cc(C4=CCNCC4)ccc3n2)C=CC1=N. The molecule has 5 nitrogen and oxygen atoms in total. The Labute approximate surface area is 151 Å². The van der Waals surface area contributed by atoms with Gasteiger partial charge >= 0.3 is 0 Å². The maximum absolute atomic E-state index is 12.7. The van der Waals surface area contributed by atoms with E-state index in [1.54, 1.807) is 16.5 Å². The van der Waals surface area contributed by atoms with Crippen LogP contribution in [0.4, 0.5) is 0 Å². The largest absolute Gasteiger partial charge is 0.313 e. The molecule has 0 saturated carbocycles. The van der Waals surface area contributed by atoms with Crippen LogP contribution in [0.5, 0.6) is 0 Å². The van der Waals surface area contributed by atoms with Gasteiger partial charge in [-0.1, -0.05) is 18.2 Å². The Hall–Kier alpha value is -3.05. The van der Waals surface area contributed by atoms with Crippen LogP contribution in [-0.2, 0) is 0 Å². The summed E-state index contributed by atoms with van der Waals surface area (Å²) in [4.78, 5) is 17.3. The number of rotatable bonds is 2. The van der Waals surface area contributed by atoms with Crippen LogP contribution in [0, 0.1) is 5.41 Å². The van der Waals surface area contributed by atoms with Gasteiger partial charge in [0.05, 0.1) is 11.4 Å². The zero-order chi connectivity index (χ0) is 18.1. The van der Waals surface area contributed by atoms with Gasteiger partial charge in [-0.2, -0.15) is 0 Å². The fourth-order valence-corrected chi connectivity index (χ4v) is 3.29. The summed E-state index contributed by atoms with van der Waals surface area (Å²) < 4.78 is 1.60. The number of nitrogens with one attached hydrogen (secondary N) is 2. The molecule has 2 N–H and O–H groups in total. The van der Waals surface area contributed by atoms with Crippen LogP contribution in [0.3, 0.4) is 0 Å². The number of hydrogen-bond acceptors (Lipinski definition) is 4. The zero-order valence-electron chi connectivity index (χ0n) is 14.6. The molecule has 0 aromatic carbocycles. The lowest BCUT2D eigenvalue weighted by atomic mass is 9.98. The van der Waals surface area contributed by atoms with Crippen molar-refractivity contribution in [1.82, 2.24) is 14.7 Å². The van der Waals surface area contributed by atoms with Crippen molar-refractivity contribution < 1.29 is 0 Å². The summed E-state index contributed by atoms with van der Waals surface area (Å²) in [5.74, 6) is 0. The fourth-order valence-electron chi connectivity index (χ4n) is 3.29. The van der Waals surface area contributed by atoms with Gasteiger partial charge in [0.25, 0.3) is 5.56 Å². The van der Waals surface area contributed by atoms with Crippen molar-refractivity contribution in [3.63, 3.8) is 0 Å². The highest BCUT2D eigenvalue weighted by atomic mass is 16.1. The van der Waals surface area contributed by atoms with E-state index in [-0.39, 0.29) is 5.56 Å².